The van der Waals surface area contributed by atoms with Gasteiger partial charge in [-0.05, 0) is 6.42 Å². The molecule has 1 N–H and O–H groups in total. The number of rotatable bonds is 4. The second-order valence-corrected chi connectivity index (χ2v) is 4.18. The van der Waals surface area contributed by atoms with Gasteiger partial charge in [-0.1, -0.05) is 5.21 Å². The van der Waals surface area contributed by atoms with Gasteiger partial charge in [-0.25, -0.2) is 14.6 Å². The van der Waals surface area contributed by atoms with E-state index in [-0.39, 0.29) is 6.61 Å². The molecule has 0 amide bonds. The van der Waals surface area contributed by atoms with E-state index in [1.54, 1.807) is 28.8 Å². The molecule has 0 unspecified atom stereocenters. The lowest BCUT2D eigenvalue weighted by Crippen LogP contribution is -1.99. The highest BCUT2D eigenvalue weighted by atomic mass is 16.3. The van der Waals surface area contributed by atoms with Crippen LogP contribution in [0.2, 0.25) is 0 Å². The van der Waals surface area contributed by atoms with Crippen LogP contribution < -0.4 is 0 Å². The number of nitrogens with zero attached hydrogens (tertiary/aromatic N) is 7. The van der Waals surface area contributed by atoms with Crippen molar-refractivity contribution in [2.45, 2.75) is 13.0 Å². The molecular weight excluding hydrogens is 246 g/mol. The molecule has 0 radical (unpaired) electrons. The molecule has 0 saturated carbocycles. The standard InChI is InChI=1S/C11H13N7O/c1-17-11-10(15-16-17)12-6-9(14-11)8-5-13-18(7-8)3-2-4-19/h5-7,19H,2-4H2,1H3. The molecule has 0 spiro atoms. The van der Waals surface area contributed by atoms with Crippen LogP contribution in [0, 0.1) is 0 Å². The van der Waals surface area contributed by atoms with Crippen molar-refractivity contribution in [3.63, 3.8) is 0 Å². The van der Waals surface area contributed by atoms with E-state index >= 15 is 0 Å². The predicted molar refractivity (Wildman–Crippen MR) is 67.0 cm³/mol. The van der Waals surface area contributed by atoms with Crippen molar-refractivity contribution in [1.29, 1.82) is 0 Å². The van der Waals surface area contributed by atoms with Gasteiger partial charge in [0.2, 0.25) is 5.65 Å². The number of hydrogen-bond donors (Lipinski definition) is 1. The van der Waals surface area contributed by atoms with Gasteiger partial charge in [0, 0.05) is 32.0 Å². The minimum atomic E-state index is 0.154. The molecule has 0 fully saturated rings. The van der Waals surface area contributed by atoms with Crippen molar-refractivity contribution in [2.24, 2.45) is 7.05 Å². The van der Waals surface area contributed by atoms with Gasteiger partial charge in [-0.15, -0.1) is 5.10 Å². The first-order valence-electron chi connectivity index (χ1n) is 5.94. The smallest absolute Gasteiger partial charge is 0.221 e. The Kier molecular flexibility index (Phi) is 2.92. The number of aryl methyl sites for hydroxylation is 2. The quantitative estimate of drug-likeness (QED) is 0.709. The van der Waals surface area contributed by atoms with E-state index in [0.29, 0.717) is 24.3 Å². The van der Waals surface area contributed by atoms with Crippen LogP contribution in [0.3, 0.4) is 0 Å². The average molecular weight is 259 g/mol. The van der Waals surface area contributed by atoms with Gasteiger partial charge in [0.05, 0.1) is 18.1 Å². The lowest BCUT2D eigenvalue weighted by molar-refractivity contribution is 0.277. The van der Waals surface area contributed by atoms with Crippen LogP contribution in [-0.4, -0.2) is 46.5 Å². The summed E-state index contributed by atoms with van der Waals surface area (Å²) in [4.78, 5) is 8.69. The third kappa shape index (κ3) is 2.17. The number of aromatic nitrogens is 7. The molecule has 0 aliphatic heterocycles. The summed E-state index contributed by atoms with van der Waals surface area (Å²) in [5.41, 5.74) is 2.78. The van der Waals surface area contributed by atoms with Gasteiger partial charge < -0.3 is 5.11 Å². The Bertz CT molecular complexity index is 702. The Morgan fingerprint density at radius 3 is 3.05 bits per heavy atom. The summed E-state index contributed by atoms with van der Waals surface area (Å²) < 4.78 is 3.36. The number of fused-ring (bicyclic) bond motifs is 1. The Labute approximate surface area is 108 Å². The SMILES string of the molecule is Cn1nnc2ncc(-c3cnn(CCCO)c3)nc21. The van der Waals surface area contributed by atoms with Crippen molar-refractivity contribution in [3.8, 4) is 11.3 Å². The highest BCUT2D eigenvalue weighted by Crippen LogP contribution is 2.17. The first-order valence-corrected chi connectivity index (χ1v) is 5.94. The Morgan fingerprint density at radius 1 is 1.32 bits per heavy atom. The molecule has 0 aliphatic rings. The zero-order valence-electron chi connectivity index (χ0n) is 10.4. The van der Waals surface area contributed by atoms with E-state index in [1.165, 1.54) is 0 Å². The van der Waals surface area contributed by atoms with E-state index in [4.69, 9.17) is 5.11 Å². The molecule has 3 rings (SSSR count). The topological polar surface area (TPSA) is 94.5 Å². The van der Waals surface area contributed by atoms with Gasteiger partial charge in [-0.3, -0.25) is 4.68 Å². The maximum Gasteiger partial charge on any atom is 0.221 e. The number of aliphatic hydroxyl groups is 1. The average Bonchev–Trinajstić information content (AvgIpc) is 3.04. The molecule has 3 aromatic heterocycles. The molecule has 0 bridgehead atoms. The largest absolute Gasteiger partial charge is 0.396 e. The van der Waals surface area contributed by atoms with Crippen LogP contribution in [0.25, 0.3) is 22.6 Å². The molecule has 0 saturated heterocycles. The Hall–Kier alpha value is -2.35. The maximum absolute atomic E-state index is 8.80. The Morgan fingerprint density at radius 2 is 2.21 bits per heavy atom. The Balaban J connectivity index is 1.94. The summed E-state index contributed by atoms with van der Waals surface area (Å²) in [6, 6.07) is 0. The fraction of sp³-hybridized carbons (Fsp3) is 0.364. The fourth-order valence-corrected chi connectivity index (χ4v) is 1.80. The predicted octanol–water partition coefficient (Wildman–Crippen LogP) is 0.00420. The first kappa shape index (κ1) is 11.7. The molecule has 8 heteroatoms. The fourth-order valence-electron chi connectivity index (χ4n) is 1.80. The molecular formula is C11H13N7O. The summed E-state index contributed by atoms with van der Waals surface area (Å²) in [5.74, 6) is 0. The van der Waals surface area contributed by atoms with Crippen LogP contribution >= 0.6 is 0 Å². The van der Waals surface area contributed by atoms with Crippen LogP contribution in [0.5, 0.6) is 0 Å². The zero-order chi connectivity index (χ0) is 13.2. The molecule has 8 nitrogen and oxygen atoms in total. The second kappa shape index (κ2) is 4.73. The van der Waals surface area contributed by atoms with Crippen LogP contribution in [0.15, 0.2) is 18.6 Å². The summed E-state index contributed by atoms with van der Waals surface area (Å²) in [6.45, 7) is 0.834. The lowest BCUT2D eigenvalue weighted by atomic mass is 10.3. The van der Waals surface area contributed by atoms with Crippen molar-refractivity contribution in [2.75, 3.05) is 6.61 Å². The van der Waals surface area contributed by atoms with Crippen molar-refractivity contribution >= 4 is 11.3 Å². The molecule has 0 aromatic carbocycles. The third-order valence-electron chi connectivity index (χ3n) is 2.79. The van der Waals surface area contributed by atoms with E-state index in [2.05, 4.69) is 25.4 Å². The van der Waals surface area contributed by atoms with E-state index in [0.717, 1.165) is 11.3 Å². The number of aliphatic hydroxyl groups excluding tert-OH is 1. The van der Waals surface area contributed by atoms with E-state index < -0.39 is 0 Å². The highest BCUT2D eigenvalue weighted by molar-refractivity contribution is 5.69. The van der Waals surface area contributed by atoms with Gasteiger partial charge in [0.25, 0.3) is 0 Å². The number of hydrogen-bond acceptors (Lipinski definition) is 6. The van der Waals surface area contributed by atoms with Gasteiger partial charge in [-0.2, -0.15) is 5.10 Å². The van der Waals surface area contributed by atoms with Gasteiger partial charge in [0.1, 0.15) is 0 Å². The maximum atomic E-state index is 8.80. The summed E-state index contributed by atoms with van der Waals surface area (Å²) in [7, 11) is 1.78. The van der Waals surface area contributed by atoms with Crippen molar-refractivity contribution in [3.05, 3.63) is 18.6 Å². The molecule has 3 heterocycles. The van der Waals surface area contributed by atoms with Crippen LogP contribution in [0.1, 0.15) is 6.42 Å². The highest BCUT2D eigenvalue weighted by Gasteiger charge is 2.09. The molecule has 19 heavy (non-hydrogen) atoms. The van der Waals surface area contributed by atoms with Gasteiger partial charge >= 0.3 is 0 Å². The second-order valence-electron chi connectivity index (χ2n) is 4.18. The van der Waals surface area contributed by atoms with E-state index in [1.807, 2.05) is 6.20 Å². The molecule has 98 valence electrons. The normalized spacial score (nSPS) is 11.3. The summed E-state index contributed by atoms with van der Waals surface area (Å²) in [6.07, 6.45) is 5.95. The monoisotopic (exact) mass is 259 g/mol. The lowest BCUT2D eigenvalue weighted by Gasteiger charge is -1.98. The van der Waals surface area contributed by atoms with Crippen LogP contribution in [-0.2, 0) is 13.6 Å². The summed E-state index contributed by atoms with van der Waals surface area (Å²) in [5, 5.41) is 20.8. The van der Waals surface area contributed by atoms with Crippen LogP contribution in [0.4, 0.5) is 0 Å². The minimum absolute atomic E-state index is 0.154. The molecule has 0 atom stereocenters. The van der Waals surface area contributed by atoms with E-state index in [9.17, 15) is 0 Å². The molecule has 3 aromatic rings. The third-order valence-corrected chi connectivity index (χ3v) is 2.79. The van der Waals surface area contributed by atoms with Gasteiger partial charge in [0.15, 0.2) is 5.65 Å². The minimum Gasteiger partial charge on any atom is -0.396 e. The molecule has 0 aliphatic carbocycles. The first-order chi connectivity index (χ1) is 9.28. The zero-order valence-corrected chi connectivity index (χ0v) is 10.4. The van der Waals surface area contributed by atoms with Crippen molar-refractivity contribution < 1.29 is 5.11 Å². The van der Waals surface area contributed by atoms with Crippen molar-refractivity contribution in [1.82, 2.24) is 34.7 Å². The summed E-state index contributed by atoms with van der Waals surface area (Å²) >= 11 is 0.